The number of ether oxygens (including phenoxy) is 2. The normalized spacial score (nSPS) is 12.9. The third kappa shape index (κ3) is 7.30. The Morgan fingerprint density at radius 1 is 1.14 bits per heavy atom. The zero-order chi connectivity index (χ0) is 11.2. The molecule has 0 atom stereocenters. The summed E-state index contributed by atoms with van der Waals surface area (Å²) in [5.74, 6) is 0. The van der Waals surface area contributed by atoms with Gasteiger partial charge in [-0.05, 0) is 25.4 Å². The fraction of sp³-hybridized carbons (Fsp3) is 1.00. The van der Waals surface area contributed by atoms with Crippen LogP contribution in [-0.4, -0.2) is 45.5 Å². The van der Waals surface area contributed by atoms with Crippen LogP contribution in [0.2, 0.25) is 0 Å². The zero-order valence-corrected chi connectivity index (χ0v) is 10.5. The van der Waals surface area contributed by atoms with Crippen molar-refractivity contribution >= 4 is 0 Å². The predicted octanol–water partition coefficient (Wildman–Crippen LogP) is 1.97. The van der Waals surface area contributed by atoms with Gasteiger partial charge < -0.3 is 14.4 Å². The molecule has 0 spiro atoms. The van der Waals surface area contributed by atoms with E-state index in [0.717, 1.165) is 13.1 Å². The molecular weight excluding hydrogens is 178 g/mol. The second kappa shape index (κ2) is 6.38. The van der Waals surface area contributed by atoms with Crippen LogP contribution in [0.3, 0.4) is 0 Å². The highest BCUT2D eigenvalue weighted by atomic mass is 16.7. The first-order valence-electron chi connectivity index (χ1n) is 5.13. The van der Waals surface area contributed by atoms with Crippen molar-refractivity contribution < 1.29 is 9.47 Å². The maximum Gasteiger partial charge on any atom is 0.169 e. The molecule has 0 saturated heterocycles. The van der Waals surface area contributed by atoms with E-state index in [1.54, 1.807) is 14.2 Å². The first-order chi connectivity index (χ1) is 6.39. The number of methoxy groups -OCH3 is 2. The Bertz CT molecular complexity index is 139. The van der Waals surface area contributed by atoms with E-state index in [0.29, 0.717) is 5.41 Å². The molecular formula is C11H25NO2. The van der Waals surface area contributed by atoms with Crippen molar-refractivity contribution in [2.24, 2.45) is 5.41 Å². The molecule has 0 fully saturated rings. The second-order valence-corrected chi connectivity index (χ2v) is 4.97. The van der Waals surface area contributed by atoms with Crippen molar-refractivity contribution in [2.45, 2.75) is 33.5 Å². The largest absolute Gasteiger partial charge is 0.355 e. The fourth-order valence-corrected chi connectivity index (χ4v) is 1.12. The van der Waals surface area contributed by atoms with Crippen molar-refractivity contribution in [1.29, 1.82) is 0 Å². The van der Waals surface area contributed by atoms with E-state index < -0.39 is 0 Å². The fourth-order valence-electron chi connectivity index (χ4n) is 1.12. The molecule has 0 aromatic carbocycles. The average molecular weight is 203 g/mol. The summed E-state index contributed by atoms with van der Waals surface area (Å²) in [4.78, 5) is 2.24. The lowest BCUT2D eigenvalue weighted by Gasteiger charge is -2.25. The number of nitrogens with zero attached hydrogens (tertiary/aromatic N) is 1. The van der Waals surface area contributed by atoms with Crippen molar-refractivity contribution in [3.8, 4) is 0 Å². The number of likely N-dealkylation sites (N-methyl/N-ethyl adjacent to an activating group) is 1. The Labute approximate surface area is 88.4 Å². The highest BCUT2D eigenvalue weighted by Gasteiger charge is 2.13. The summed E-state index contributed by atoms with van der Waals surface area (Å²) in [6.07, 6.45) is 1.07. The highest BCUT2D eigenvalue weighted by molar-refractivity contribution is 4.64. The zero-order valence-electron chi connectivity index (χ0n) is 10.5. The van der Waals surface area contributed by atoms with Gasteiger partial charge in [-0.2, -0.15) is 0 Å². The van der Waals surface area contributed by atoms with Crippen LogP contribution in [0.4, 0.5) is 0 Å². The van der Waals surface area contributed by atoms with Gasteiger partial charge in [0.1, 0.15) is 0 Å². The van der Waals surface area contributed by atoms with Crippen molar-refractivity contribution in [3.63, 3.8) is 0 Å². The Kier molecular flexibility index (Phi) is 6.33. The van der Waals surface area contributed by atoms with Crippen molar-refractivity contribution in [3.05, 3.63) is 0 Å². The van der Waals surface area contributed by atoms with Gasteiger partial charge in [0.15, 0.2) is 6.29 Å². The molecule has 14 heavy (non-hydrogen) atoms. The summed E-state index contributed by atoms with van der Waals surface area (Å²) in [6, 6.07) is 0. The maximum atomic E-state index is 5.14. The topological polar surface area (TPSA) is 21.7 Å². The van der Waals surface area contributed by atoms with Gasteiger partial charge in [0.2, 0.25) is 0 Å². The smallest absolute Gasteiger partial charge is 0.169 e. The molecule has 0 saturated carbocycles. The second-order valence-electron chi connectivity index (χ2n) is 4.97. The lowest BCUT2D eigenvalue weighted by Crippen LogP contribution is -2.33. The van der Waals surface area contributed by atoms with Gasteiger partial charge in [-0.1, -0.05) is 20.8 Å². The minimum Gasteiger partial charge on any atom is -0.355 e. The minimum atomic E-state index is -0.111. The molecule has 3 nitrogen and oxygen atoms in total. The van der Waals surface area contributed by atoms with Crippen LogP contribution in [0.15, 0.2) is 0 Å². The quantitative estimate of drug-likeness (QED) is 0.616. The monoisotopic (exact) mass is 203 g/mol. The Balaban J connectivity index is 3.69. The third-order valence-electron chi connectivity index (χ3n) is 2.23. The molecule has 0 aromatic rings. The first-order valence-corrected chi connectivity index (χ1v) is 5.13. The Morgan fingerprint density at radius 3 is 2.00 bits per heavy atom. The number of hydrogen-bond acceptors (Lipinski definition) is 3. The average Bonchev–Trinajstić information content (AvgIpc) is 2.09. The van der Waals surface area contributed by atoms with E-state index in [1.165, 1.54) is 6.42 Å². The van der Waals surface area contributed by atoms with E-state index in [2.05, 4.69) is 32.7 Å². The maximum absolute atomic E-state index is 5.14. The third-order valence-corrected chi connectivity index (χ3v) is 2.23. The molecule has 86 valence electrons. The predicted molar refractivity (Wildman–Crippen MR) is 59.4 cm³/mol. The first kappa shape index (κ1) is 13.9. The van der Waals surface area contributed by atoms with E-state index in [9.17, 15) is 0 Å². The summed E-state index contributed by atoms with van der Waals surface area (Å²) in [7, 11) is 5.44. The molecule has 0 aliphatic carbocycles. The molecule has 0 aliphatic rings. The van der Waals surface area contributed by atoms with Gasteiger partial charge in [0, 0.05) is 20.8 Å². The number of hydrogen-bond donors (Lipinski definition) is 0. The summed E-state index contributed by atoms with van der Waals surface area (Å²) in [6.45, 7) is 8.66. The molecule has 0 unspecified atom stereocenters. The van der Waals surface area contributed by atoms with Crippen LogP contribution in [0, 0.1) is 5.41 Å². The molecule has 0 heterocycles. The number of rotatable bonds is 6. The molecule has 0 radical (unpaired) electrons. The van der Waals surface area contributed by atoms with Gasteiger partial charge in [0.05, 0.1) is 0 Å². The molecule has 0 rings (SSSR count). The van der Waals surface area contributed by atoms with Gasteiger partial charge in [-0.25, -0.2) is 0 Å². The lowest BCUT2D eigenvalue weighted by molar-refractivity contribution is -0.114. The van der Waals surface area contributed by atoms with Crippen LogP contribution in [0.5, 0.6) is 0 Å². The van der Waals surface area contributed by atoms with Crippen LogP contribution in [0.1, 0.15) is 27.2 Å². The standard InChI is InChI=1S/C11H25NO2/c1-11(2,3)7-8-12(4)9-10(13-5)14-6/h10H,7-9H2,1-6H3. The lowest BCUT2D eigenvalue weighted by atomic mass is 9.92. The summed E-state index contributed by atoms with van der Waals surface area (Å²) in [5, 5.41) is 0. The minimum absolute atomic E-state index is 0.111. The summed E-state index contributed by atoms with van der Waals surface area (Å²) in [5.41, 5.74) is 0.393. The van der Waals surface area contributed by atoms with Gasteiger partial charge >= 0.3 is 0 Å². The van der Waals surface area contributed by atoms with Crippen LogP contribution in [-0.2, 0) is 9.47 Å². The molecule has 0 aliphatic heterocycles. The van der Waals surface area contributed by atoms with E-state index in [1.807, 2.05) is 0 Å². The van der Waals surface area contributed by atoms with Gasteiger partial charge in [0.25, 0.3) is 0 Å². The Hall–Kier alpha value is -0.120. The van der Waals surface area contributed by atoms with E-state index >= 15 is 0 Å². The van der Waals surface area contributed by atoms with Crippen molar-refractivity contribution in [1.82, 2.24) is 4.90 Å². The van der Waals surface area contributed by atoms with E-state index in [-0.39, 0.29) is 6.29 Å². The Morgan fingerprint density at radius 2 is 1.64 bits per heavy atom. The SMILES string of the molecule is COC(CN(C)CCC(C)(C)C)OC. The molecule has 0 amide bonds. The highest BCUT2D eigenvalue weighted by Crippen LogP contribution is 2.18. The summed E-state index contributed by atoms with van der Waals surface area (Å²) >= 11 is 0. The van der Waals surface area contributed by atoms with Crippen molar-refractivity contribution in [2.75, 3.05) is 34.4 Å². The molecule has 0 N–H and O–H groups in total. The van der Waals surface area contributed by atoms with Gasteiger partial charge in [-0.3, -0.25) is 0 Å². The van der Waals surface area contributed by atoms with E-state index in [4.69, 9.17) is 9.47 Å². The van der Waals surface area contributed by atoms with Crippen LogP contribution < -0.4 is 0 Å². The van der Waals surface area contributed by atoms with Crippen LogP contribution in [0.25, 0.3) is 0 Å². The molecule has 3 heteroatoms. The summed E-state index contributed by atoms with van der Waals surface area (Å²) < 4.78 is 10.3. The van der Waals surface area contributed by atoms with Gasteiger partial charge in [-0.15, -0.1) is 0 Å². The molecule has 0 aromatic heterocycles. The van der Waals surface area contributed by atoms with Crippen LogP contribution >= 0.6 is 0 Å². The molecule has 0 bridgehead atoms.